The highest BCUT2D eigenvalue weighted by atomic mass is 19.1. The zero-order valence-corrected chi connectivity index (χ0v) is 9.13. The third-order valence-corrected chi connectivity index (χ3v) is 2.47. The Morgan fingerprint density at radius 1 is 1.33 bits per heavy atom. The Balaban J connectivity index is 2.83. The van der Waals surface area contributed by atoms with Gasteiger partial charge in [-0.25, -0.2) is 4.39 Å². The summed E-state index contributed by atoms with van der Waals surface area (Å²) < 4.78 is 13.5. The summed E-state index contributed by atoms with van der Waals surface area (Å²) in [4.78, 5) is 2.13. The van der Waals surface area contributed by atoms with Crippen molar-refractivity contribution in [2.45, 2.75) is 20.4 Å². The monoisotopic (exact) mass is 206 g/mol. The fraction of sp³-hybridized carbons (Fsp3) is 0.417. The van der Waals surface area contributed by atoms with Crippen LogP contribution >= 0.6 is 0 Å². The molecule has 0 fully saturated rings. The fourth-order valence-electron chi connectivity index (χ4n) is 1.43. The molecule has 0 aliphatic heterocycles. The Morgan fingerprint density at radius 2 is 2.00 bits per heavy atom. The Hall–Kier alpha value is -1.40. The first-order valence-electron chi connectivity index (χ1n) is 5.12. The van der Waals surface area contributed by atoms with E-state index in [1.54, 1.807) is 12.1 Å². The van der Waals surface area contributed by atoms with Crippen LogP contribution in [0.3, 0.4) is 0 Å². The molecule has 3 heteroatoms. The highest BCUT2D eigenvalue weighted by Crippen LogP contribution is 2.12. The van der Waals surface area contributed by atoms with Gasteiger partial charge in [-0.05, 0) is 25.2 Å². The molecule has 0 saturated heterocycles. The molecule has 0 atom stereocenters. The van der Waals surface area contributed by atoms with E-state index in [2.05, 4.69) is 4.90 Å². The van der Waals surface area contributed by atoms with Gasteiger partial charge in [-0.1, -0.05) is 19.9 Å². The Morgan fingerprint density at radius 3 is 2.47 bits per heavy atom. The van der Waals surface area contributed by atoms with E-state index in [0.29, 0.717) is 17.7 Å². The minimum absolute atomic E-state index is 0.291. The molecular formula is C12H15FN2. The van der Waals surface area contributed by atoms with Gasteiger partial charge in [0.05, 0.1) is 11.6 Å². The normalized spacial score (nSPS) is 10.3. The van der Waals surface area contributed by atoms with Gasteiger partial charge in [0.15, 0.2) is 0 Å². The van der Waals surface area contributed by atoms with Crippen LogP contribution in [0.5, 0.6) is 0 Å². The summed E-state index contributed by atoms with van der Waals surface area (Å²) in [7, 11) is 0. The van der Waals surface area contributed by atoms with Crippen LogP contribution in [0.15, 0.2) is 18.2 Å². The van der Waals surface area contributed by atoms with E-state index in [1.165, 1.54) is 6.07 Å². The maximum atomic E-state index is 13.5. The third-order valence-electron chi connectivity index (χ3n) is 2.47. The van der Waals surface area contributed by atoms with Crippen LogP contribution in [0.1, 0.15) is 25.0 Å². The van der Waals surface area contributed by atoms with E-state index < -0.39 is 0 Å². The minimum Gasteiger partial charge on any atom is -0.300 e. The van der Waals surface area contributed by atoms with Crippen molar-refractivity contribution in [1.29, 1.82) is 5.26 Å². The van der Waals surface area contributed by atoms with Gasteiger partial charge in [0, 0.05) is 12.1 Å². The number of hydrogen-bond acceptors (Lipinski definition) is 2. The summed E-state index contributed by atoms with van der Waals surface area (Å²) in [5, 5.41) is 8.60. The molecular weight excluding hydrogens is 191 g/mol. The summed E-state index contributed by atoms with van der Waals surface area (Å²) in [6, 6.07) is 6.55. The molecule has 15 heavy (non-hydrogen) atoms. The highest BCUT2D eigenvalue weighted by Gasteiger charge is 2.06. The summed E-state index contributed by atoms with van der Waals surface area (Å²) in [6.45, 7) is 6.49. The van der Waals surface area contributed by atoms with Crippen LogP contribution in [-0.4, -0.2) is 18.0 Å². The molecule has 0 aliphatic rings. The van der Waals surface area contributed by atoms with Gasteiger partial charge in [-0.3, -0.25) is 4.90 Å². The third kappa shape index (κ3) is 3.03. The van der Waals surface area contributed by atoms with E-state index in [9.17, 15) is 4.39 Å². The quantitative estimate of drug-likeness (QED) is 0.757. The maximum absolute atomic E-state index is 13.5. The molecule has 0 heterocycles. The lowest BCUT2D eigenvalue weighted by Crippen LogP contribution is -2.22. The van der Waals surface area contributed by atoms with Gasteiger partial charge in [0.2, 0.25) is 0 Å². The Kier molecular flexibility index (Phi) is 4.26. The van der Waals surface area contributed by atoms with Crippen LogP contribution < -0.4 is 0 Å². The fourth-order valence-corrected chi connectivity index (χ4v) is 1.43. The molecule has 1 aromatic carbocycles. The standard InChI is InChI=1S/C12H15FN2/c1-3-15(4-2)9-11-6-5-10(8-14)7-12(11)13/h5-7H,3-4,9H2,1-2H3. The second-order valence-electron chi connectivity index (χ2n) is 3.38. The van der Waals surface area contributed by atoms with Gasteiger partial charge >= 0.3 is 0 Å². The van der Waals surface area contributed by atoms with Gasteiger partial charge in [0.25, 0.3) is 0 Å². The zero-order chi connectivity index (χ0) is 11.3. The zero-order valence-electron chi connectivity index (χ0n) is 9.13. The second kappa shape index (κ2) is 5.47. The van der Waals surface area contributed by atoms with Crippen molar-refractivity contribution in [3.63, 3.8) is 0 Å². The first-order valence-corrected chi connectivity index (χ1v) is 5.12. The van der Waals surface area contributed by atoms with Crippen molar-refractivity contribution in [2.75, 3.05) is 13.1 Å². The molecule has 0 spiro atoms. The molecule has 0 aliphatic carbocycles. The van der Waals surface area contributed by atoms with Gasteiger partial charge in [-0.2, -0.15) is 5.26 Å². The maximum Gasteiger partial charge on any atom is 0.129 e. The average Bonchev–Trinajstić information content (AvgIpc) is 2.27. The van der Waals surface area contributed by atoms with Crippen molar-refractivity contribution in [3.8, 4) is 6.07 Å². The van der Waals surface area contributed by atoms with Crippen molar-refractivity contribution in [1.82, 2.24) is 4.90 Å². The van der Waals surface area contributed by atoms with Gasteiger partial charge < -0.3 is 0 Å². The number of hydrogen-bond donors (Lipinski definition) is 0. The molecule has 0 radical (unpaired) electrons. The number of benzene rings is 1. The molecule has 2 nitrogen and oxygen atoms in total. The van der Waals surface area contributed by atoms with Crippen LogP contribution in [-0.2, 0) is 6.54 Å². The molecule has 80 valence electrons. The first-order chi connectivity index (χ1) is 7.21. The average molecular weight is 206 g/mol. The highest BCUT2D eigenvalue weighted by molar-refractivity contribution is 5.32. The molecule has 1 rings (SSSR count). The second-order valence-corrected chi connectivity index (χ2v) is 3.38. The lowest BCUT2D eigenvalue weighted by Gasteiger charge is -2.18. The van der Waals surface area contributed by atoms with E-state index >= 15 is 0 Å². The molecule has 0 amide bonds. The number of rotatable bonds is 4. The largest absolute Gasteiger partial charge is 0.300 e. The van der Waals surface area contributed by atoms with Crippen molar-refractivity contribution >= 4 is 0 Å². The van der Waals surface area contributed by atoms with Crippen molar-refractivity contribution in [3.05, 3.63) is 35.1 Å². The van der Waals surface area contributed by atoms with E-state index in [4.69, 9.17) is 5.26 Å². The molecule has 0 saturated carbocycles. The molecule has 0 N–H and O–H groups in total. The number of halogens is 1. The smallest absolute Gasteiger partial charge is 0.129 e. The molecule has 1 aromatic rings. The lowest BCUT2D eigenvalue weighted by molar-refractivity contribution is 0.291. The van der Waals surface area contributed by atoms with Crippen LogP contribution in [0, 0.1) is 17.1 Å². The molecule has 0 aromatic heterocycles. The van der Waals surface area contributed by atoms with Crippen LogP contribution in [0.4, 0.5) is 4.39 Å². The van der Waals surface area contributed by atoms with Gasteiger partial charge in [0.1, 0.15) is 5.82 Å². The Bertz CT molecular complexity index is 364. The summed E-state index contributed by atoms with van der Waals surface area (Å²) in [6.07, 6.45) is 0. The minimum atomic E-state index is -0.291. The SMILES string of the molecule is CCN(CC)Cc1ccc(C#N)cc1F. The summed E-state index contributed by atoms with van der Waals surface area (Å²) in [5.41, 5.74) is 1.02. The Labute approximate surface area is 89.9 Å². The van der Waals surface area contributed by atoms with Crippen molar-refractivity contribution < 1.29 is 4.39 Å². The van der Waals surface area contributed by atoms with E-state index in [1.807, 2.05) is 19.9 Å². The van der Waals surface area contributed by atoms with Gasteiger partial charge in [-0.15, -0.1) is 0 Å². The van der Waals surface area contributed by atoms with Crippen molar-refractivity contribution in [2.24, 2.45) is 0 Å². The predicted octanol–water partition coefficient (Wildman–Crippen LogP) is 2.54. The molecule has 0 bridgehead atoms. The predicted molar refractivity (Wildman–Crippen MR) is 57.7 cm³/mol. The number of nitriles is 1. The van der Waals surface area contributed by atoms with Crippen LogP contribution in [0.2, 0.25) is 0 Å². The molecule has 0 unspecified atom stereocenters. The number of nitrogens with zero attached hydrogens (tertiary/aromatic N) is 2. The van der Waals surface area contributed by atoms with E-state index in [-0.39, 0.29) is 5.82 Å². The lowest BCUT2D eigenvalue weighted by atomic mass is 10.1. The van der Waals surface area contributed by atoms with E-state index in [0.717, 1.165) is 13.1 Å². The summed E-state index contributed by atoms with van der Waals surface area (Å²) in [5.74, 6) is -0.291. The topological polar surface area (TPSA) is 27.0 Å². The summed E-state index contributed by atoms with van der Waals surface area (Å²) >= 11 is 0. The first kappa shape index (κ1) is 11.7. The van der Waals surface area contributed by atoms with Crippen LogP contribution in [0.25, 0.3) is 0 Å².